The van der Waals surface area contributed by atoms with Gasteiger partial charge in [0, 0.05) is 45.8 Å². The van der Waals surface area contributed by atoms with E-state index in [0.717, 1.165) is 55.8 Å². The number of amides is 1. The minimum absolute atomic E-state index is 0.130. The molecule has 2 aromatic rings. The molecule has 150 valence electrons. The number of methoxy groups -OCH3 is 1. The van der Waals surface area contributed by atoms with Gasteiger partial charge in [-0.2, -0.15) is 5.10 Å². The zero-order valence-electron chi connectivity index (χ0n) is 16.8. The van der Waals surface area contributed by atoms with Crippen LogP contribution in [-0.4, -0.2) is 71.3 Å². The number of hydrogen-bond acceptors (Lipinski definition) is 4. The molecule has 1 aromatic carbocycles. The molecule has 8 nitrogen and oxygen atoms in total. The van der Waals surface area contributed by atoms with E-state index in [2.05, 4.69) is 22.2 Å². The lowest BCUT2D eigenvalue weighted by Crippen LogP contribution is -2.53. The summed E-state index contributed by atoms with van der Waals surface area (Å²) in [6, 6.07) is 9.75. The highest BCUT2D eigenvalue weighted by Crippen LogP contribution is 2.15. The number of nitrogens with one attached hydrogen (secondary N) is 1. The molecule has 8 heteroatoms. The van der Waals surface area contributed by atoms with E-state index in [4.69, 9.17) is 9.73 Å². The number of guanidine groups is 1. The Morgan fingerprint density at radius 1 is 1.14 bits per heavy atom. The van der Waals surface area contributed by atoms with Gasteiger partial charge in [0.1, 0.15) is 5.75 Å². The Kier molecular flexibility index (Phi) is 6.52. The summed E-state index contributed by atoms with van der Waals surface area (Å²) in [6.45, 7) is 7.99. The zero-order valence-corrected chi connectivity index (χ0v) is 16.8. The molecular weight excluding hydrogens is 356 g/mol. The number of hydrogen-bond donors (Lipinski definition) is 1. The second-order valence-corrected chi connectivity index (χ2v) is 6.61. The maximum absolute atomic E-state index is 11.5. The lowest BCUT2D eigenvalue weighted by Gasteiger charge is -2.36. The van der Waals surface area contributed by atoms with E-state index < -0.39 is 0 Å². The minimum Gasteiger partial charge on any atom is -0.497 e. The van der Waals surface area contributed by atoms with Gasteiger partial charge in [0.25, 0.3) is 0 Å². The summed E-state index contributed by atoms with van der Waals surface area (Å²) in [6.07, 6.45) is 1.94. The first kappa shape index (κ1) is 19.7. The predicted octanol–water partition coefficient (Wildman–Crippen LogP) is 1.51. The quantitative estimate of drug-likeness (QED) is 0.625. The summed E-state index contributed by atoms with van der Waals surface area (Å²) in [5, 5.41) is 7.96. The Bertz CT molecular complexity index is 806. The van der Waals surface area contributed by atoms with Gasteiger partial charge in [-0.3, -0.25) is 4.79 Å². The van der Waals surface area contributed by atoms with Gasteiger partial charge >= 0.3 is 0 Å². The van der Waals surface area contributed by atoms with Crippen molar-refractivity contribution in [2.45, 2.75) is 20.4 Å². The van der Waals surface area contributed by atoms with Gasteiger partial charge in [0.2, 0.25) is 5.91 Å². The van der Waals surface area contributed by atoms with Gasteiger partial charge in [0.15, 0.2) is 5.96 Å². The average Bonchev–Trinajstić information content (AvgIpc) is 3.20. The number of piperazine rings is 1. The molecule has 0 aliphatic carbocycles. The lowest BCUT2D eigenvalue weighted by molar-refractivity contribution is -0.130. The van der Waals surface area contributed by atoms with E-state index in [-0.39, 0.29) is 5.91 Å². The highest BCUT2D eigenvalue weighted by Gasteiger charge is 2.20. The van der Waals surface area contributed by atoms with E-state index >= 15 is 0 Å². The van der Waals surface area contributed by atoms with Gasteiger partial charge in [0.05, 0.1) is 25.0 Å². The van der Waals surface area contributed by atoms with Crippen molar-refractivity contribution in [3.8, 4) is 11.4 Å². The summed E-state index contributed by atoms with van der Waals surface area (Å²) >= 11 is 0. The zero-order chi connectivity index (χ0) is 19.9. The molecule has 1 saturated heterocycles. The van der Waals surface area contributed by atoms with E-state index in [0.29, 0.717) is 6.54 Å². The van der Waals surface area contributed by atoms with Crippen molar-refractivity contribution in [3.63, 3.8) is 0 Å². The topological polar surface area (TPSA) is 75.0 Å². The average molecular weight is 384 g/mol. The standard InChI is InChI=1S/C20H28N6O2/c1-4-21-20(25-13-11-24(12-14-25)16(2)27)22-15-17-9-10-26(23-17)18-5-7-19(28-3)8-6-18/h5-10H,4,11-15H2,1-3H3,(H,21,22). The van der Waals surface area contributed by atoms with E-state index in [9.17, 15) is 4.79 Å². The van der Waals surface area contributed by atoms with Crippen molar-refractivity contribution < 1.29 is 9.53 Å². The van der Waals surface area contributed by atoms with Crippen molar-refractivity contribution in [1.82, 2.24) is 24.9 Å². The van der Waals surface area contributed by atoms with Crippen LogP contribution in [-0.2, 0) is 11.3 Å². The Hall–Kier alpha value is -3.03. The van der Waals surface area contributed by atoms with Crippen LogP contribution in [0, 0.1) is 0 Å². The molecule has 1 fully saturated rings. The number of rotatable bonds is 5. The molecule has 1 aromatic heterocycles. The van der Waals surface area contributed by atoms with Crippen molar-refractivity contribution in [3.05, 3.63) is 42.2 Å². The van der Waals surface area contributed by atoms with Crippen LogP contribution in [0.15, 0.2) is 41.5 Å². The first-order valence-electron chi connectivity index (χ1n) is 9.58. The molecule has 3 rings (SSSR count). The third-order valence-electron chi connectivity index (χ3n) is 4.73. The van der Waals surface area contributed by atoms with Crippen molar-refractivity contribution in [2.24, 2.45) is 4.99 Å². The Balaban J connectivity index is 1.65. The molecule has 1 N–H and O–H groups in total. The summed E-state index contributed by atoms with van der Waals surface area (Å²) < 4.78 is 7.03. The number of carbonyl (C=O) groups excluding carboxylic acids is 1. The maximum atomic E-state index is 11.5. The van der Waals surface area contributed by atoms with Crippen LogP contribution in [0.25, 0.3) is 5.69 Å². The summed E-state index contributed by atoms with van der Waals surface area (Å²) in [5.74, 6) is 1.82. The Morgan fingerprint density at radius 3 is 2.43 bits per heavy atom. The van der Waals surface area contributed by atoms with Crippen LogP contribution in [0.3, 0.4) is 0 Å². The molecule has 1 aliphatic rings. The summed E-state index contributed by atoms with van der Waals surface area (Å²) in [5.41, 5.74) is 1.87. The number of benzene rings is 1. The Labute approximate surface area is 165 Å². The predicted molar refractivity (Wildman–Crippen MR) is 109 cm³/mol. The normalized spacial score (nSPS) is 14.9. The molecule has 0 spiro atoms. The molecule has 1 amide bonds. The van der Waals surface area contributed by atoms with Crippen molar-refractivity contribution in [1.29, 1.82) is 0 Å². The fourth-order valence-corrected chi connectivity index (χ4v) is 3.14. The maximum Gasteiger partial charge on any atom is 0.219 e. The van der Waals surface area contributed by atoms with Gasteiger partial charge in [-0.05, 0) is 37.3 Å². The molecule has 0 atom stereocenters. The smallest absolute Gasteiger partial charge is 0.219 e. The number of nitrogens with zero attached hydrogens (tertiary/aromatic N) is 5. The molecule has 0 radical (unpaired) electrons. The van der Waals surface area contributed by atoms with Crippen molar-refractivity contribution >= 4 is 11.9 Å². The molecular formula is C20H28N6O2. The molecule has 28 heavy (non-hydrogen) atoms. The van der Waals surface area contributed by atoms with E-state index in [1.165, 1.54) is 0 Å². The number of aliphatic imine (C=N–C) groups is 1. The van der Waals surface area contributed by atoms with Crippen LogP contribution >= 0.6 is 0 Å². The third-order valence-corrected chi connectivity index (χ3v) is 4.73. The van der Waals surface area contributed by atoms with Gasteiger partial charge in [-0.1, -0.05) is 0 Å². The van der Waals surface area contributed by atoms with Gasteiger partial charge in [-0.15, -0.1) is 0 Å². The SMILES string of the molecule is CCNC(=NCc1ccn(-c2ccc(OC)cc2)n1)N1CCN(C(C)=O)CC1. The van der Waals surface area contributed by atoms with Gasteiger partial charge < -0.3 is 19.9 Å². The number of ether oxygens (including phenoxy) is 1. The van der Waals surface area contributed by atoms with Crippen LogP contribution < -0.4 is 10.1 Å². The second kappa shape index (κ2) is 9.25. The fraction of sp³-hybridized carbons (Fsp3) is 0.450. The highest BCUT2D eigenvalue weighted by molar-refractivity contribution is 5.80. The first-order valence-corrected chi connectivity index (χ1v) is 9.58. The third kappa shape index (κ3) is 4.82. The lowest BCUT2D eigenvalue weighted by atomic mass is 10.3. The van der Waals surface area contributed by atoms with E-state index in [1.54, 1.807) is 14.0 Å². The van der Waals surface area contributed by atoms with E-state index in [1.807, 2.05) is 46.1 Å². The first-order chi connectivity index (χ1) is 13.6. The minimum atomic E-state index is 0.130. The fourth-order valence-electron chi connectivity index (χ4n) is 3.14. The Morgan fingerprint density at radius 2 is 1.82 bits per heavy atom. The molecule has 0 saturated carbocycles. The van der Waals surface area contributed by atoms with Crippen molar-refractivity contribution in [2.75, 3.05) is 39.8 Å². The number of carbonyl (C=O) groups is 1. The van der Waals surface area contributed by atoms with Crippen LogP contribution in [0.2, 0.25) is 0 Å². The molecule has 1 aliphatic heterocycles. The molecule has 2 heterocycles. The molecule has 0 bridgehead atoms. The molecule has 0 unspecified atom stereocenters. The monoisotopic (exact) mass is 384 g/mol. The summed E-state index contributed by atoms with van der Waals surface area (Å²) in [4.78, 5) is 20.3. The van der Waals surface area contributed by atoms with Crippen LogP contribution in [0.1, 0.15) is 19.5 Å². The largest absolute Gasteiger partial charge is 0.497 e. The van der Waals surface area contributed by atoms with Gasteiger partial charge in [-0.25, -0.2) is 9.67 Å². The number of aromatic nitrogens is 2. The second-order valence-electron chi connectivity index (χ2n) is 6.61. The van der Waals surface area contributed by atoms with Crippen LogP contribution in [0.4, 0.5) is 0 Å². The van der Waals surface area contributed by atoms with Crippen LogP contribution in [0.5, 0.6) is 5.75 Å². The summed E-state index contributed by atoms with van der Waals surface area (Å²) in [7, 11) is 1.65. The highest BCUT2D eigenvalue weighted by atomic mass is 16.5.